The number of carboxylic acids is 1. The molecule has 8 heteroatoms. The zero-order valence-electron chi connectivity index (χ0n) is 12.6. The first-order valence-corrected chi connectivity index (χ1v) is 6.89. The van der Waals surface area contributed by atoms with Crippen LogP contribution < -0.4 is 15.7 Å². The molecule has 1 fully saturated rings. The van der Waals surface area contributed by atoms with Crippen molar-refractivity contribution in [3.05, 3.63) is 54.8 Å². The molecule has 4 amide bonds. The number of carbonyl (C=O) groups excluding carboxylic acids is 4. The van der Waals surface area contributed by atoms with Gasteiger partial charge in [-0.25, -0.2) is 4.79 Å². The number of carbonyl (C=O) groups is 4. The third-order valence-electron chi connectivity index (χ3n) is 3.34. The molecule has 1 aromatic carbocycles. The highest BCUT2D eigenvalue weighted by Crippen LogP contribution is 2.20. The van der Waals surface area contributed by atoms with Crippen molar-refractivity contribution in [3.8, 4) is 0 Å². The lowest BCUT2D eigenvalue weighted by molar-refractivity contribution is -0.255. The summed E-state index contributed by atoms with van der Waals surface area (Å²) < 4.78 is 0. The Morgan fingerprint density at radius 2 is 1.92 bits per heavy atom. The summed E-state index contributed by atoms with van der Waals surface area (Å²) in [4.78, 5) is 47.5. The maximum atomic E-state index is 12.3. The molecule has 1 aliphatic heterocycles. The molecule has 2 N–H and O–H groups in total. The molecule has 0 saturated carbocycles. The minimum Gasteiger partial charge on any atom is -0.545 e. The molecule has 2 rings (SSSR count). The number of imide groups is 2. The molecular formula is C16H14N3O5-. The molecule has 1 aromatic rings. The molecule has 1 aliphatic rings. The van der Waals surface area contributed by atoms with E-state index in [0.717, 1.165) is 4.90 Å². The Kier molecular flexibility index (Phi) is 4.78. The third-order valence-corrected chi connectivity index (χ3v) is 3.34. The third kappa shape index (κ3) is 3.32. The van der Waals surface area contributed by atoms with Crippen LogP contribution in [0.1, 0.15) is 10.4 Å². The lowest BCUT2D eigenvalue weighted by atomic mass is 10.0. The highest BCUT2D eigenvalue weighted by Gasteiger charge is 2.41. The number of amides is 4. The standard InChI is InChI=1S/C16H15N3O5/c1-3-8-19-14(21)12(13(20)18-16(19)24)9(2)17-11-6-4-10(5-7-11)15(22)23/h3-7,12,17H,1-2,8H2,(H,22,23)(H,18,20,24)/p-1/t12-/m0/s1. The summed E-state index contributed by atoms with van der Waals surface area (Å²) in [5, 5.41) is 15.5. The number of anilines is 1. The molecule has 0 aromatic heterocycles. The van der Waals surface area contributed by atoms with Gasteiger partial charge in [-0.1, -0.05) is 24.8 Å². The minimum atomic E-state index is -1.32. The van der Waals surface area contributed by atoms with Crippen LogP contribution in [0.2, 0.25) is 0 Å². The summed E-state index contributed by atoms with van der Waals surface area (Å²) in [6.45, 7) is 7.08. The average Bonchev–Trinajstić information content (AvgIpc) is 2.51. The highest BCUT2D eigenvalue weighted by atomic mass is 16.4. The van der Waals surface area contributed by atoms with Crippen LogP contribution >= 0.6 is 0 Å². The van der Waals surface area contributed by atoms with Gasteiger partial charge >= 0.3 is 6.03 Å². The van der Waals surface area contributed by atoms with Gasteiger partial charge in [0.05, 0.1) is 5.97 Å². The van der Waals surface area contributed by atoms with Crippen LogP contribution in [-0.4, -0.2) is 35.3 Å². The van der Waals surface area contributed by atoms with Gasteiger partial charge in [-0.05, 0) is 17.7 Å². The van der Waals surface area contributed by atoms with Crippen molar-refractivity contribution in [1.29, 1.82) is 0 Å². The predicted molar refractivity (Wildman–Crippen MR) is 82.5 cm³/mol. The molecule has 1 heterocycles. The molecule has 124 valence electrons. The molecule has 0 radical (unpaired) electrons. The average molecular weight is 328 g/mol. The summed E-state index contributed by atoms with van der Waals surface area (Å²) in [5.41, 5.74) is 0.471. The van der Waals surface area contributed by atoms with Crippen molar-refractivity contribution in [2.24, 2.45) is 5.92 Å². The van der Waals surface area contributed by atoms with Gasteiger partial charge in [0.15, 0.2) is 5.92 Å². The Balaban J connectivity index is 2.16. The van der Waals surface area contributed by atoms with Crippen molar-refractivity contribution in [3.63, 3.8) is 0 Å². The second-order valence-electron chi connectivity index (χ2n) is 4.98. The maximum absolute atomic E-state index is 12.3. The van der Waals surface area contributed by atoms with E-state index in [1.54, 1.807) is 0 Å². The van der Waals surface area contributed by atoms with E-state index < -0.39 is 29.7 Å². The first kappa shape index (κ1) is 16.9. The fraction of sp³-hybridized carbons (Fsp3) is 0.125. The summed E-state index contributed by atoms with van der Waals surface area (Å²) in [6.07, 6.45) is 1.36. The predicted octanol–water partition coefficient (Wildman–Crippen LogP) is -0.144. The summed E-state index contributed by atoms with van der Waals surface area (Å²) in [6, 6.07) is 4.68. The minimum absolute atomic E-state index is 0.0135. The number of nitrogens with one attached hydrogen (secondary N) is 2. The molecule has 0 spiro atoms. The Hall–Kier alpha value is -3.42. The number of hydrogen-bond acceptors (Lipinski definition) is 6. The van der Waals surface area contributed by atoms with Crippen LogP contribution in [0.15, 0.2) is 49.2 Å². The number of urea groups is 1. The second kappa shape index (κ2) is 6.78. The number of nitrogens with zero attached hydrogens (tertiary/aromatic N) is 1. The van der Waals surface area contributed by atoms with Crippen LogP contribution in [0.4, 0.5) is 10.5 Å². The molecule has 1 saturated heterocycles. The van der Waals surface area contributed by atoms with Crippen molar-refractivity contribution >= 4 is 29.5 Å². The normalized spacial score (nSPS) is 17.2. The SMILES string of the molecule is C=CCN1C(=O)NC(=O)[C@H](C(=C)Nc2ccc(C(=O)[O-])cc2)C1=O. The van der Waals surface area contributed by atoms with E-state index in [9.17, 15) is 24.3 Å². The lowest BCUT2D eigenvalue weighted by Gasteiger charge is -2.30. The van der Waals surface area contributed by atoms with Crippen LogP contribution in [-0.2, 0) is 9.59 Å². The van der Waals surface area contributed by atoms with Gasteiger partial charge in [0.1, 0.15) is 0 Å². The fourth-order valence-electron chi connectivity index (χ4n) is 2.17. The maximum Gasteiger partial charge on any atom is 0.331 e. The molecule has 8 nitrogen and oxygen atoms in total. The van der Waals surface area contributed by atoms with Crippen molar-refractivity contribution < 1.29 is 24.3 Å². The van der Waals surface area contributed by atoms with E-state index in [-0.39, 0.29) is 17.8 Å². The summed E-state index contributed by atoms with van der Waals surface area (Å²) in [7, 11) is 0. The van der Waals surface area contributed by atoms with E-state index in [0.29, 0.717) is 5.69 Å². The van der Waals surface area contributed by atoms with E-state index >= 15 is 0 Å². The van der Waals surface area contributed by atoms with Crippen LogP contribution in [0.25, 0.3) is 0 Å². The van der Waals surface area contributed by atoms with Gasteiger partial charge in [0.25, 0.3) is 0 Å². The summed E-state index contributed by atoms with van der Waals surface area (Å²) in [5.74, 6) is -4.11. The Morgan fingerprint density at radius 3 is 2.46 bits per heavy atom. The molecule has 0 bridgehead atoms. The van der Waals surface area contributed by atoms with Gasteiger partial charge in [-0.2, -0.15) is 0 Å². The highest BCUT2D eigenvalue weighted by molar-refractivity contribution is 6.18. The summed E-state index contributed by atoms with van der Waals surface area (Å²) >= 11 is 0. The van der Waals surface area contributed by atoms with Gasteiger partial charge in [-0.15, -0.1) is 6.58 Å². The fourth-order valence-corrected chi connectivity index (χ4v) is 2.17. The van der Waals surface area contributed by atoms with Crippen molar-refractivity contribution in [2.45, 2.75) is 0 Å². The second-order valence-corrected chi connectivity index (χ2v) is 4.98. The zero-order valence-corrected chi connectivity index (χ0v) is 12.6. The first-order valence-electron chi connectivity index (χ1n) is 6.89. The Bertz CT molecular complexity index is 739. The van der Waals surface area contributed by atoms with E-state index in [4.69, 9.17) is 0 Å². The topological polar surface area (TPSA) is 119 Å². The molecule has 1 atom stereocenters. The van der Waals surface area contributed by atoms with E-state index in [1.807, 2.05) is 0 Å². The molecule has 0 unspecified atom stereocenters. The van der Waals surface area contributed by atoms with E-state index in [1.165, 1.54) is 30.3 Å². The van der Waals surface area contributed by atoms with Crippen molar-refractivity contribution in [2.75, 3.05) is 11.9 Å². The number of rotatable bonds is 6. The number of aromatic carboxylic acids is 1. The monoisotopic (exact) mass is 328 g/mol. The number of barbiturate groups is 1. The lowest BCUT2D eigenvalue weighted by Crippen LogP contribution is -2.58. The van der Waals surface area contributed by atoms with Crippen LogP contribution in [0.3, 0.4) is 0 Å². The van der Waals surface area contributed by atoms with Crippen molar-refractivity contribution in [1.82, 2.24) is 10.2 Å². The van der Waals surface area contributed by atoms with E-state index in [2.05, 4.69) is 23.8 Å². The number of benzene rings is 1. The number of carboxylic acid groups (broad SMARTS) is 1. The molecule has 24 heavy (non-hydrogen) atoms. The molecule has 0 aliphatic carbocycles. The van der Waals surface area contributed by atoms with Gasteiger partial charge in [-0.3, -0.25) is 19.8 Å². The Labute approximate surface area is 137 Å². The zero-order chi connectivity index (χ0) is 17.9. The number of hydrogen-bond donors (Lipinski definition) is 2. The molecular weight excluding hydrogens is 314 g/mol. The van der Waals surface area contributed by atoms with Gasteiger partial charge in [0, 0.05) is 17.9 Å². The van der Waals surface area contributed by atoms with Crippen LogP contribution in [0, 0.1) is 5.92 Å². The quantitative estimate of drug-likeness (QED) is 0.554. The van der Waals surface area contributed by atoms with Gasteiger partial charge < -0.3 is 15.2 Å². The Morgan fingerprint density at radius 1 is 1.29 bits per heavy atom. The largest absolute Gasteiger partial charge is 0.545 e. The smallest absolute Gasteiger partial charge is 0.331 e. The van der Waals surface area contributed by atoms with Gasteiger partial charge in [0.2, 0.25) is 11.8 Å². The van der Waals surface area contributed by atoms with Crippen LogP contribution in [0.5, 0.6) is 0 Å². The first-order chi connectivity index (χ1) is 11.3.